The summed E-state index contributed by atoms with van der Waals surface area (Å²) in [4.78, 5) is 29.4. The molecule has 0 bridgehead atoms. The number of likely N-dealkylation sites (tertiary alicyclic amines) is 1. The fraction of sp³-hybridized carbons (Fsp3) is 0.360. The third-order valence-electron chi connectivity index (χ3n) is 5.23. The van der Waals surface area contributed by atoms with Gasteiger partial charge in [-0.2, -0.15) is 0 Å². The molecule has 3 rings (SSSR count). The number of carbonyl (C=O) groups is 2. The van der Waals surface area contributed by atoms with Crippen molar-refractivity contribution in [3.05, 3.63) is 71.0 Å². The molecule has 2 aromatic carbocycles. The van der Waals surface area contributed by atoms with E-state index in [1.807, 2.05) is 32.8 Å². The summed E-state index contributed by atoms with van der Waals surface area (Å²) in [6.45, 7) is 4.96. The van der Waals surface area contributed by atoms with E-state index in [2.05, 4.69) is 0 Å². The van der Waals surface area contributed by atoms with E-state index in [1.54, 1.807) is 24.3 Å². The molecule has 170 valence electrons. The third kappa shape index (κ3) is 5.16. The summed E-state index contributed by atoms with van der Waals surface area (Å²) in [5.74, 6) is -1.50. The predicted molar refractivity (Wildman–Crippen MR) is 121 cm³/mol. The first-order chi connectivity index (χ1) is 15.2. The van der Waals surface area contributed by atoms with E-state index in [1.165, 1.54) is 29.2 Å². The maximum absolute atomic E-state index is 13.4. The Bertz CT molecular complexity index is 998. The summed E-state index contributed by atoms with van der Waals surface area (Å²) in [5.41, 5.74) is 0.972. The molecular formula is C25H29FN2O4. The maximum atomic E-state index is 13.4. The van der Waals surface area contributed by atoms with Crippen molar-refractivity contribution in [2.75, 3.05) is 27.2 Å². The fourth-order valence-electron chi connectivity index (χ4n) is 3.78. The number of carbonyl (C=O) groups excluding carboxylic acids is 2. The molecule has 32 heavy (non-hydrogen) atoms. The van der Waals surface area contributed by atoms with Crippen LogP contribution in [0.5, 0.6) is 5.75 Å². The fourth-order valence-corrected chi connectivity index (χ4v) is 3.78. The number of hydrogen-bond donors (Lipinski definition) is 1. The van der Waals surface area contributed by atoms with Gasteiger partial charge in [-0.15, -0.1) is 0 Å². The molecule has 1 atom stereocenters. The Morgan fingerprint density at radius 1 is 1.09 bits per heavy atom. The van der Waals surface area contributed by atoms with Crippen molar-refractivity contribution >= 4 is 17.4 Å². The minimum Gasteiger partial charge on any atom is -0.507 e. The van der Waals surface area contributed by atoms with Gasteiger partial charge in [0, 0.05) is 12.1 Å². The Labute approximate surface area is 187 Å². The molecule has 1 aliphatic heterocycles. The number of rotatable bonds is 8. The second kappa shape index (κ2) is 9.96. The number of hydrogen-bond acceptors (Lipinski definition) is 5. The van der Waals surface area contributed by atoms with Crippen molar-refractivity contribution in [2.24, 2.45) is 0 Å². The van der Waals surface area contributed by atoms with Gasteiger partial charge in [-0.25, -0.2) is 4.39 Å². The van der Waals surface area contributed by atoms with Crippen LogP contribution in [-0.4, -0.2) is 59.9 Å². The number of aliphatic hydroxyl groups excluding tert-OH is 1. The van der Waals surface area contributed by atoms with Crippen LogP contribution in [0.3, 0.4) is 0 Å². The van der Waals surface area contributed by atoms with Gasteiger partial charge >= 0.3 is 0 Å². The molecule has 1 heterocycles. The average Bonchev–Trinajstić information content (AvgIpc) is 2.99. The quantitative estimate of drug-likeness (QED) is 0.382. The molecule has 0 unspecified atom stereocenters. The molecule has 7 heteroatoms. The minimum absolute atomic E-state index is 0.00369. The van der Waals surface area contributed by atoms with Crippen LogP contribution < -0.4 is 4.74 Å². The number of benzene rings is 2. The molecule has 0 radical (unpaired) electrons. The van der Waals surface area contributed by atoms with Crippen LogP contribution in [0, 0.1) is 5.82 Å². The summed E-state index contributed by atoms with van der Waals surface area (Å²) in [5, 5.41) is 11.0. The zero-order valence-corrected chi connectivity index (χ0v) is 18.8. The molecule has 0 saturated carbocycles. The van der Waals surface area contributed by atoms with Gasteiger partial charge in [0.15, 0.2) is 0 Å². The Morgan fingerprint density at radius 2 is 1.72 bits per heavy atom. The minimum atomic E-state index is -0.746. The molecule has 0 aliphatic carbocycles. The number of amides is 1. The molecule has 1 aliphatic rings. The molecule has 1 saturated heterocycles. The highest BCUT2D eigenvalue weighted by atomic mass is 19.1. The lowest BCUT2D eigenvalue weighted by Gasteiger charge is -2.26. The smallest absolute Gasteiger partial charge is 0.295 e. The Morgan fingerprint density at radius 3 is 2.28 bits per heavy atom. The van der Waals surface area contributed by atoms with Gasteiger partial charge in [-0.05, 0) is 82.9 Å². The second-order valence-corrected chi connectivity index (χ2v) is 8.39. The lowest BCUT2D eigenvalue weighted by Crippen LogP contribution is -2.32. The Kier molecular flexibility index (Phi) is 7.30. The standard InChI is InChI=1S/C25H29FN2O4/c1-16(2)32-20-12-8-17(9-13-20)22-21(23(29)18-6-10-19(26)11-7-18)24(30)25(31)28(22)15-5-14-27(3)4/h6-13,16,22,29H,5,14-15H2,1-4H3/b23-21-/t22-/m1/s1. The normalized spacial score (nSPS) is 18.1. The van der Waals surface area contributed by atoms with Gasteiger partial charge < -0.3 is 19.6 Å². The van der Waals surface area contributed by atoms with Crippen LogP contribution in [0.15, 0.2) is 54.1 Å². The first-order valence-corrected chi connectivity index (χ1v) is 10.6. The number of halogens is 1. The van der Waals surface area contributed by atoms with Gasteiger partial charge in [-0.1, -0.05) is 12.1 Å². The Hall–Kier alpha value is -3.19. The highest BCUT2D eigenvalue weighted by molar-refractivity contribution is 6.46. The van der Waals surface area contributed by atoms with Crippen LogP contribution in [0.25, 0.3) is 5.76 Å². The highest BCUT2D eigenvalue weighted by Crippen LogP contribution is 2.40. The lowest BCUT2D eigenvalue weighted by atomic mass is 9.95. The molecule has 0 spiro atoms. The predicted octanol–water partition coefficient (Wildman–Crippen LogP) is 3.99. The van der Waals surface area contributed by atoms with Crippen molar-refractivity contribution in [3.63, 3.8) is 0 Å². The van der Waals surface area contributed by atoms with E-state index < -0.39 is 23.5 Å². The zero-order valence-electron chi connectivity index (χ0n) is 18.8. The lowest BCUT2D eigenvalue weighted by molar-refractivity contribution is -0.139. The second-order valence-electron chi connectivity index (χ2n) is 8.39. The van der Waals surface area contributed by atoms with Crippen molar-refractivity contribution in [1.29, 1.82) is 0 Å². The van der Waals surface area contributed by atoms with Gasteiger partial charge in [0.1, 0.15) is 17.3 Å². The van der Waals surface area contributed by atoms with Crippen LogP contribution in [0.1, 0.15) is 37.4 Å². The molecule has 1 amide bonds. The number of ketones is 1. The molecule has 6 nitrogen and oxygen atoms in total. The summed E-state index contributed by atoms with van der Waals surface area (Å²) in [7, 11) is 3.88. The molecule has 0 aromatic heterocycles. The first kappa shape index (κ1) is 23.5. The molecule has 1 N–H and O–H groups in total. The zero-order chi connectivity index (χ0) is 23.4. The molecule has 1 fully saturated rings. The SMILES string of the molecule is CC(C)Oc1ccc([C@@H]2/C(=C(/O)c3ccc(F)cc3)C(=O)C(=O)N2CCCN(C)C)cc1. The number of ether oxygens (including phenoxy) is 1. The van der Waals surface area contributed by atoms with Crippen LogP contribution >= 0.6 is 0 Å². The van der Waals surface area contributed by atoms with Crippen LogP contribution in [0.4, 0.5) is 4.39 Å². The summed E-state index contributed by atoms with van der Waals surface area (Å²) < 4.78 is 19.1. The van der Waals surface area contributed by atoms with Crippen LogP contribution in [0.2, 0.25) is 0 Å². The van der Waals surface area contributed by atoms with E-state index in [4.69, 9.17) is 4.74 Å². The number of nitrogens with zero attached hydrogens (tertiary/aromatic N) is 2. The van der Waals surface area contributed by atoms with Crippen LogP contribution in [-0.2, 0) is 9.59 Å². The largest absolute Gasteiger partial charge is 0.507 e. The van der Waals surface area contributed by atoms with Gasteiger partial charge in [-0.3, -0.25) is 9.59 Å². The summed E-state index contributed by atoms with van der Waals surface area (Å²) in [6.07, 6.45) is 0.678. The Balaban J connectivity index is 2.05. The van der Waals surface area contributed by atoms with E-state index in [0.717, 1.165) is 6.54 Å². The van der Waals surface area contributed by atoms with E-state index >= 15 is 0 Å². The topological polar surface area (TPSA) is 70.1 Å². The van der Waals surface area contributed by atoms with E-state index in [-0.39, 0.29) is 23.0 Å². The maximum Gasteiger partial charge on any atom is 0.295 e. The average molecular weight is 441 g/mol. The third-order valence-corrected chi connectivity index (χ3v) is 5.23. The molecular weight excluding hydrogens is 411 g/mol. The van der Waals surface area contributed by atoms with Gasteiger partial charge in [0.2, 0.25) is 0 Å². The number of aliphatic hydroxyl groups is 1. The van der Waals surface area contributed by atoms with Crippen molar-refractivity contribution in [3.8, 4) is 5.75 Å². The van der Waals surface area contributed by atoms with E-state index in [9.17, 15) is 19.1 Å². The molecule has 2 aromatic rings. The monoisotopic (exact) mass is 440 g/mol. The van der Waals surface area contributed by atoms with Crippen molar-refractivity contribution in [1.82, 2.24) is 9.80 Å². The highest BCUT2D eigenvalue weighted by Gasteiger charge is 2.45. The first-order valence-electron chi connectivity index (χ1n) is 10.6. The summed E-state index contributed by atoms with van der Waals surface area (Å²) >= 11 is 0. The van der Waals surface area contributed by atoms with Gasteiger partial charge in [0.25, 0.3) is 11.7 Å². The van der Waals surface area contributed by atoms with E-state index in [0.29, 0.717) is 24.3 Å². The van der Waals surface area contributed by atoms with Crippen molar-refractivity contribution in [2.45, 2.75) is 32.4 Å². The van der Waals surface area contributed by atoms with Crippen molar-refractivity contribution < 1.29 is 23.8 Å². The van der Waals surface area contributed by atoms with Gasteiger partial charge in [0.05, 0.1) is 17.7 Å². The summed E-state index contributed by atoms with van der Waals surface area (Å²) in [6, 6.07) is 11.6. The number of Topliss-reactive ketones (excluding diaryl/α,β-unsaturated/α-hetero) is 1.